The van der Waals surface area contributed by atoms with Crippen LogP contribution in [0.4, 0.5) is 0 Å². The molecule has 0 saturated carbocycles. The summed E-state index contributed by atoms with van der Waals surface area (Å²) in [5.41, 5.74) is -0.202. The van der Waals surface area contributed by atoms with Gasteiger partial charge in [0.25, 0.3) is 5.91 Å². The first-order valence-electron chi connectivity index (χ1n) is 5.49. The highest BCUT2D eigenvalue weighted by atomic mass is 79.9. The van der Waals surface area contributed by atoms with Crippen LogP contribution >= 0.6 is 15.9 Å². The number of pyridine rings is 1. The summed E-state index contributed by atoms with van der Waals surface area (Å²) in [6.07, 6.45) is 2.52. The molecule has 0 aliphatic heterocycles. The minimum atomic E-state index is -0.202. The van der Waals surface area contributed by atoms with Crippen molar-refractivity contribution in [1.82, 2.24) is 10.3 Å². The van der Waals surface area contributed by atoms with Gasteiger partial charge in [-0.3, -0.25) is 4.79 Å². The Morgan fingerprint density at radius 3 is 2.88 bits per heavy atom. The Hall–Kier alpha value is -1.10. The molecule has 4 nitrogen and oxygen atoms in total. The highest BCUT2D eigenvalue weighted by Gasteiger charge is 2.18. The molecule has 1 amide bonds. The van der Waals surface area contributed by atoms with Gasteiger partial charge in [-0.1, -0.05) is 6.92 Å². The van der Waals surface area contributed by atoms with E-state index in [0.717, 1.165) is 6.42 Å². The van der Waals surface area contributed by atoms with E-state index in [1.807, 2.05) is 20.8 Å². The van der Waals surface area contributed by atoms with E-state index in [1.54, 1.807) is 18.3 Å². The van der Waals surface area contributed by atoms with E-state index in [1.165, 1.54) is 0 Å². The fourth-order valence-electron chi connectivity index (χ4n) is 1.12. The molecule has 17 heavy (non-hydrogen) atoms. The predicted octanol–water partition coefficient (Wildman–Crippen LogP) is 2.53. The summed E-state index contributed by atoms with van der Waals surface area (Å²) in [7, 11) is 0. The molecule has 0 atom stereocenters. The van der Waals surface area contributed by atoms with Crippen LogP contribution in [-0.2, 0) is 4.79 Å². The van der Waals surface area contributed by atoms with Crippen LogP contribution in [0.1, 0.15) is 27.2 Å². The zero-order valence-corrected chi connectivity index (χ0v) is 11.9. The number of hydrogen-bond donors (Lipinski definition) is 1. The van der Waals surface area contributed by atoms with Crippen molar-refractivity contribution in [3.63, 3.8) is 0 Å². The fraction of sp³-hybridized carbons (Fsp3) is 0.500. The number of aromatic nitrogens is 1. The van der Waals surface area contributed by atoms with Crippen LogP contribution in [0.5, 0.6) is 5.75 Å². The molecule has 0 unspecified atom stereocenters. The summed E-state index contributed by atoms with van der Waals surface area (Å²) in [5.74, 6) is 0.435. The van der Waals surface area contributed by atoms with Crippen LogP contribution in [0.15, 0.2) is 22.9 Å². The number of carbonyl (C=O) groups excluding carboxylic acids is 1. The zero-order valence-electron chi connectivity index (χ0n) is 10.3. The van der Waals surface area contributed by atoms with Crippen molar-refractivity contribution in [2.75, 3.05) is 6.61 Å². The van der Waals surface area contributed by atoms with E-state index in [4.69, 9.17) is 4.74 Å². The number of rotatable bonds is 5. The third kappa shape index (κ3) is 4.73. The van der Waals surface area contributed by atoms with Gasteiger partial charge in [0, 0.05) is 11.7 Å². The van der Waals surface area contributed by atoms with Crippen LogP contribution < -0.4 is 10.1 Å². The maximum atomic E-state index is 11.6. The average Bonchev–Trinajstić information content (AvgIpc) is 2.27. The molecule has 0 aromatic carbocycles. The molecule has 1 rings (SSSR count). The lowest BCUT2D eigenvalue weighted by Crippen LogP contribution is -2.44. The largest absolute Gasteiger partial charge is 0.481 e. The zero-order chi connectivity index (χ0) is 12.9. The number of carbonyl (C=O) groups is 1. The molecule has 1 aromatic rings. The molecule has 1 aromatic heterocycles. The van der Waals surface area contributed by atoms with E-state index >= 15 is 0 Å². The monoisotopic (exact) mass is 300 g/mol. The molecule has 0 bridgehead atoms. The third-order valence-corrected chi connectivity index (χ3v) is 3.04. The van der Waals surface area contributed by atoms with Crippen molar-refractivity contribution in [3.8, 4) is 5.75 Å². The van der Waals surface area contributed by atoms with Crippen molar-refractivity contribution in [2.24, 2.45) is 0 Å². The first-order chi connectivity index (χ1) is 7.94. The summed E-state index contributed by atoms with van der Waals surface area (Å²) in [6.45, 7) is 5.97. The molecule has 0 fully saturated rings. The van der Waals surface area contributed by atoms with E-state index < -0.39 is 0 Å². The normalized spacial score (nSPS) is 11.1. The van der Waals surface area contributed by atoms with Crippen LogP contribution in [-0.4, -0.2) is 23.0 Å². The molecule has 0 spiro atoms. The number of amides is 1. The second-order valence-electron chi connectivity index (χ2n) is 4.37. The van der Waals surface area contributed by atoms with Gasteiger partial charge < -0.3 is 10.1 Å². The molecule has 1 N–H and O–H groups in total. The Bertz CT molecular complexity index is 394. The minimum absolute atomic E-state index is 0.00623. The highest BCUT2D eigenvalue weighted by Crippen LogP contribution is 2.20. The first-order valence-corrected chi connectivity index (χ1v) is 6.28. The van der Waals surface area contributed by atoms with Crippen LogP contribution in [0.3, 0.4) is 0 Å². The summed E-state index contributed by atoms with van der Waals surface area (Å²) < 4.78 is 5.97. The Morgan fingerprint density at radius 2 is 2.29 bits per heavy atom. The maximum absolute atomic E-state index is 11.6. The summed E-state index contributed by atoms with van der Waals surface area (Å²) >= 11 is 3.25. The Balaban J connectivity index is 2.47. The van der Waals surface area contributed by atoms with Crippen molar-refractivity contribution < 1.29 is 9.53 Å². The molecule has 0 saturated heterocycles. The van der Waals surface area contributed by atoms with E-state index in [-0.39, 0.29) is 18.1 Å². The molecular weight excluding hydrogens is 284 g/mol. The van der Waals surface area contributed by atoms with Crippen molar-refractivity contribution >= 4 is 21.8 Å². The minimum Gasteiger partial charge on any atom is -0.481 e. The number of nitrogens with zero attached hydrogens (tertiary/aromatic N) is 1. The second kappa shape index (κ2) is 6.00. The van der Waals surface area contributed by atoms with Crippen LogP contribution in [0.25, 0.3) is 0 Å². The lowest BCUT2D eigenvalue weighted by Gasteiger charge is -2.24. The van der Waals surface area contributed by atoms with Gasteiger partial charge in [-0.25, -0.2) is 4.98 Å². The number of halogens is 1. The van der Waals surface area contributed by atoms with Crippen molar-refractivity contribution in [2.45, 2.75) is 32.7 Å². The summed E-state index contributed by atoms with van der Waals surface area (Å²) in [6, 6.07) is 3.52. The highest BCUT2D eigenvalue weighted by molar-refractivity contribution is 9.10. The average molecular weight is 301 g/mol. The third-order valence-electron chi connectivity index (χ3n) is 2.45. The fourth-order valence-corrected chi connectivity index (χ4v) is 1.49. The van der Waals surface area contributed by atoms with Crippen molar-refractivity contribution in [3.05, 3.63) is 22.9 Å². The SMILES string of the molecule is CCC(C)(C)NC(=O)COc1cccnc1Br. The molecule has 5 heteroatoms. The summed E-state index contributed by atoms with van der Waals surface area (Å²) in [4.78, 5) is 15.6. The number of hydrogen-bond acceptors (Lipinski definition) is 3. The molecule has 0 aliphatic rings. The van der Waals surface area contributed by atoms with Gasteiger partial charge in [-0.2, -0.15) is 0 Å². The molecule has 94 valence electrons. The van der Waals surface area contributed by atoms with E-state index in [2.05, 4.69) is 26.2 Å². The predicted molar refractivity (Wildman–Crippen MR) is 69.9 cm³/mol. The number of ether oxygens (including phenoxy) is 1. The second-order valence-corrected chi connectivity index (χ2v) is 5.12. The van der Waals surface area contributed by atoms with Crippen LogP contribution in [0.2, 0.25) is 0 Å². The molecular formula is C12H17BrN2O2. The van der Waals surface area contributed by atoms with Gasteiger partial charge in [0.1, 0.15) is 4.60 Å². The molecule has 0 aliphatic carbocycles. The van der Waals surface area contributed by atoms with Gasteiger partial charge in [-0.05, 0) is 48.3 Å². The maximum Gasteiger partial charge on any atom is 0.258 e. The van der Waals surface area contributed by atoms with Gasteiger partial charge in [0.05, 0.1) is 0 Å². The van der Waals surface area contributed by atoms with Crippen molar-refractivity contribution in [1.29, 1.82) is 0 Å². The quantitative estimate of drug-likeness (QED) is 0.850. The Morgan fingerprint density at radius 1 is 1.59 bits per heavy atom. The standard InChI is InChI=1S/C12H17BrN2O2/c1-4-12(2,3)15-10(16)8-17-9-6-5-7-14-11(9)13/h5-7H,4,8H2,1-3H3,(H,15,16). The summed E-state index contributed by atoms with van der Waals surface area (Å²) in [5, 5.41) is 2.90. The molecule has 1 heterocycles. The number of nitrogens with one attached hydrogen (secondary N) is 1. The van der Waals surface area contributed by atoms with Crippen LogP contribution in [0, 0.1) is 0 Å². The van der Waals surface area contributed by atoms with Gasteiger partial charge >= 0.3 is 0 Å². The molecule has 0 radical (unpaired) electrons. The lowest BCUT2D eigenvalue weighted by atomic mass is 10.0. The van der Waals surface area contributed by atoms with E-state index in [0.29, 0.717) is 10.4 Å². The van der Waals surface area contributed by atoms with Gasteiger partial charge in [-0.15, -0.1) is 0 Å². The van der Waals surface area contributed by atoms with Gasteiger partial charge in [0.15, 0.2) is 12.4 Å². The lowest BCUT2D eigenvalue weighted by molar-refractivity contribution is -0.124. The van der Waals surface area contributed by atoms with E-state index in [9.17, 15) is 4.79 Å². The Labute approximate surface area is 110 Å². The smallest absolute Gasteiger partial charge is 0.258 e. The van der Waals surface area contributed by atoms with Gasteiger partial charge in [0.2, 0.25) is 0 Å². The Kier molecular flexibility index (Phi) is 4.93. The first kappa shape index (κ1) is 14.0. The topological polar surface area (TPSA) is 51.2 Å².